The first-order valence-corrected chi connectivity index (χ1v) is 13.1. The fourth-order valence-corrected chi connectivity index (χ4v) is 4.72. The highest BCUT2D eigenvalue weighted by molar-refractivity contribution is 5.74. The molecule has 0 radical (unpaired) electrons. The second kappa shape index (κ2) is 13.4. The minimum Gasteiger partial charge on any atom is -0.493 e. The van der Waals surface area contributed by atoms with Gasteiger partial charge in [0.05, 0.1) is 19.3 Å². The molecule has 1 fully saturated rings. The molecule has 1 aromatic heterocycles. The lowest BCUT2D eigenvalue weighted by Gasteiger charge is -2.18. The van der Waals surface area contributed by atoms with E-state index >= 15 is 0 Å². The summed E-state index contributed by atoms with van der Waals surface area (Å²) in [5.74, 6) is 1.86. The van der Waals surface area contributed by atoms with Crippen molar-refractivity contribution >= 4 is 0 Å². The van der Waals surface area contributed by atoms with E-state index in [0.717, 1.165) is 74.6 Å². The Morgan fingerprint density at radius 2 is 1.56 bits per heavy atom. The van der Waals surface area contributed by atoms with Gasteiger partial charge in [-0.05, 0) is 91.7 Å². The quantitative estimate of drug-likeness (QED) is 0.338. The van der Waals surface area contributed by atoms with Gasteiger partial charge in [-0.3, -0.25) is 4.98 Å². The van der Waals surface area contributed by atoms with Crippen LogP contribution in [0.3, 0.4) is 0 Å². The molecule has 6 heteroatoms. The molecule has 4 rings (SSSR count). The van der Waals surface area contributed by atoms with Gasteiger partial charge in [0.1, 0.15) is 11.5 Å². The van der Waals surface area contributed by atoms with E-state index in [-0.39, 0.29) is 6.10 Å². The van der Waals surface area contributed by atoms with Crippen LogP contribution in [-0.4, -0.2) is 60.5 Å². The molecule has 0 amide bonds. The van der Waals surface area contributed by atoms with E-state index in [0.29, 0.717) is 13.2 Å². The summed E-state index contributed by atoms with van der Waals surface area (Å²) in [6.07, 6.45) is 6.25. The third-order valence-electron chi connectivity index (χ3n) is 6.82. The SMILES string of the molecule is Cc1c(OCCCNCc2ccncc2)cccc1-c1cccc(OCCCN2CC[C@@H](O)C2)c1C. The molecular weight excluding hydrogens is 450 g/mol. The Balaban J connectivity index is 1.28. The molecule has 0 spiro atoms. The zero-order chi connectivity index (χ0) is 25.2. The summed E-state index contributed by atoms with van der Waals surface area (Å²) >= 11 is 0. The lowest BCUT2D eigenvalue weighted by atomic mass is 9.95. The molecule has 1 saturated heterocycles. The van der Waals surface area contributed by atoms with Crippen LogP contribution in [-0.2, 0) is 6.54 Å². The van der Waals surface area contributed by atoms with Gasteiger partial charge in [-0.15, -0.1) is 0 Å². The molecule has 0 unspecified atom stereocenters. The number of aliphatic hydroxyl groups excluding tert-OH is 1. The first-order valence-electron chi connectivity index (χ1n) is 13.1. The standard InChI is InChI=1S/C30H39N3O3/c1-23-27(7-3-9-29(23)35-19-5-14-32-21-25-11-15-31-16-12-25)28-8-4-10-30(24(28)2)36-20-6-17-33-18-13-26(34)22-33/h3-4,7-12,15-16,26,32,34H,5-6,13-14,17-22H2,1-2H3/t26-/m1/s1. The topological polar surface area (TPSA) is 66.8 Å². The van der Waals surface area contributed by atoms with Crippen molar-refractivity contribution in [1.29, 1.82) is 0 Å². The van der Waals surface area contributed by atoms with Gasteiger partial charge in [0.2, 0.25) is 0 Å². The molecule has 0 aliphatic carbocycles. The number of likely N-dealkylation sites (tertiary alicyclic amines) is 1. The number of benzene rings is 2. The van der Waals surface area contributed by atoms with Crippen LogP contribution in [0.4, 0.5) is 0 Å². The van der Waals surface area contributed by atoms with Crippen molar-refractivity contribution in [1.82, 2.24) is 15.2 Å². The van der Waals surface area contributed by atoms with Gasteiger partial charge in [0, 0.05) is 38.6 Å². The van der Waals surface area contributed by atoms with Crippen LogP contribution in [0, 0.1) is 13.8 Å². The largest absolute Gasteiger partial charge is 0.493 e. The van der Waals surface area contributed by atoms with Crippen molar-refractivity contribution in [3.63, 3.8) is 0 Å². The Labute approximate surface area is 215 Å². The fourth-order valence-electron chi connectivity index (χ4n) is 4.72. The lowest BCUT2D eigenvalue weighted by molar-refractivity contribution is 0.173. The molecule has 1 aliphatic rings. The number of hydrogen-bond donors (Lipinski definition) is 2. The molecule has 2 aromatic carbocycles. The van der Waals surface area contributed by atoms with E-state index in [9.17, 15) is 5.11 Å². The minimum absolute atomic E-state index is 0.165. The van der Waals surface area contributed by atoms with Gasteiger partial charge in [-0.1, -0.05) is 24.3 Å². The smallest absolute Gasteiger partial charge is 0.122 e. The van der Waals surface area contributed by atoms with Gasteiger partial charge in [0.15, 0.2) is 0 Å². The third kappa shape index (κ3) is 7.29. The van der Waals surface area contributed by atoms with Crippen LogP contribution in [0.2, 0.25) is 0 Å². The zero-order valence-electron chi connectivity index (χ0n) is 21.6. The molecule has 192 valence electrons. The minimum atomic E-state index is -0.165. The third-order valence-corrected chi connectivity index (χ3v) is 6.82. The van der Waals surface area contributed by atoms with E-state index in [2.05, 4.69) is 53.3 Å². The van der Waals surface area contributed by atoms with Crippen molar-refractivity contribution < 1.29 is 14.6 Å². The number of β-amino-alcohol motifs (C(OH)–C–C–N with tert-alkyl or cyclic N) is 1. The maximum atomic E-state index is 9.69. The number of aliphatic hydroxyl groups is 1. The van der Waals surface area contributed by atoms with Crippen molar-refractivity contribution in [2.45, 2.75) is 45.8 Å². The van der Waals surface area contributed by atoms with E-state index < -0.39 is 0 Å². The average molecular weight is 490 g/mol. The highest BCUT2D eigenvalue weighted by Gasteiger charge is 2.19. The number of nitrogens with one attached hydrogen (secondary N) is 1. The summed E-state index contributed by atoms with van der Waals surface area (Å²) in [7, 11) is 0. The Bertz CT molecular complexity index is 1090. The monoisotopic (exact) mass is 489 g/mol. The molecule has 2 heterocycles. The number of rotatable bonds is 13. The number of pyridine rings is 1. The maximum absolute atomic E-state index is 9.69. The van der Waals surface area contributed by atoms with E-state index in [1.54, 1.807) is 0 Å². The first kappa shape index (κ1) is 26.1. The summed E-state index contributed by atoms with van der Waals surface area (Å²) in [5, 5.41) is 13.1. The van der Waals surface area contributed by atoms with Gasteiger partial charge in [-0.2, -0.15) is 0 Å². The Morgan fingerprint density at radius 1 is 0.917 bits per heavy atom. The van der Waals surface area contributed by atoms with Crippen LogP contribution in [0.5, 0.6) is 11.5 Å². The summed E-state index contributed by atoms with van der Waals surface area (Å²) in [6, 6.07) is 16.6. The van der Waals surface area contributed by atoms with Crippen molar-refractivity contribution in [2.24, 2.45) is 0 Å². The zero-order valence-corrected chi connectivity index (χ0v) is 21.6. The summed E-state index contributed by atoms with van der Waals surface area (Å²) in [6.45, 7) is 10.1. The molecule has 3 aromatic rings. The predicted molar refractivity (Wildman–Crippen MR) is 145 cm³/mol. The Morgan fingerprint density at radius 3 is 2.17 bits per heavy atom. The highest BCUT2D eigenvalue weighted by atomic mass is 16.5. The summed E-state index contributed by atoms with van der Waals surface area (Å²) in [5.41, 5.74) is 5.89. The first-order chi connectivity index (χ1) is 17.6. The summed E-state index contributed by atoms with van der Waals surface area (Å²) < 4.78 is 12.3. The van der Waals surface area contributed by atoms with Crippen LogP contribution < -0.4 is 14.8 Å². The normalized spacial score (nSPS) is 15.8. The molecule has 36 heavy (non-hydrogen) atoms. The van der Waals surface area contributed by atoms with E-state index in [1.807, 2.05) is 36.7 Å². The van der Waals surface area contributed by atoms with Crippen LogP contribution in [0.25, 0.3) is 11.1 Å². The maximum Gasteiger partial charge on any atom is 0.122 e. The van der Waals surface area contributed by atoms with Crippen molar-refractivity contribution in [2.75, 3.05) is 39.4 Å². The lowest BCUT2D eigenvalue weighted by Crippen LogP contribution is -2.24. The molecule has 1 atom stereocenters. The predicted octanol–water partition coefficient (Wildman–Crippen LogP) is 4.76. The summed E-state index contributed by atoms with van der Waals surface area (Å²) in [4.78, 5) is 6.36. The second-order valence-corrected chi connectivity index (χ2v) is 9.54. The molecule has 0 saturated carbocycles. The van der Waals surface area contributed by atoms with Gasteiger partial charge >= 0.3 is 0 Å². The molecule has 0 bridgehead atoms. The van der Waals surface area contributed by atoms with Crippen LogP contribution >= 0.6 is 0 Å². The number of nitrogens with zero attached hydrogens (tertiary/aromatic N) is 2. The highest BCUT2D eigenvalue weighted by Crippen LogP contribution is 2.35. The molecule has 6 nitrogen and oxygen atoms in total. The fraction of sp³-hybridized carbons (Fsp3) is 0.433. The van der Waals surface area contributed by atoms with E-state index in [1.165, 1.54) is 16.7 Å². The second-order valence-electron chi connectivity index (χ2n) is 9.54. The number of ether oxygens (including phenoxy) is 2. The van der Waals surface area contributed by atoms with Gasteiger partial charge in [0.25, 0.3) is 0 Å². The van der Waals surface area contributed by atoms with Gasteiger partial charge in [-0.25, -0.2) is 0 Å². The molecule has 1 aliphatic heterocycles. The van der Waals surface area contributed by atoms with Crippen molar-refractivity contribution in [3.05, 3.63) is 77.6 Å². The molecular formula is C30H39N3O3. The molecule has 2 N–H and O–H groups in total. The van der Waals surface area contributed by atoms with Crippen molar-refractivity contribution in [3.8, 4) is 22.6 Å². The number of hydrogen-bond acceptors (Lipinski definition) is 6. The van der Waals surface area contributed by atoms with Crippen LogP contribution in [0.1, 0.15) is 36.0 Å². The Kier molecular flexibility index (Phi) is 9.73. The van der Waals surface area contributed by atoms with E-state index in [4.69, 9.17) is 9.47 Å². The van der Waals surface area contributed by atoms with Crippen LogP contribution in [0.15, 0.2) is 60.9 Å². The number of aromatic nitrogens is 1. The Hall–Kier alpha value is -2.93. The van der Waals surface area contributed by atoms with Gasteiger partial charge < -0.3 is 24.8 Å². The average Bonchev–Trinajstić information content (AvgIpc) is 3.31.